The van der Waals surface area contributed by atoms with Gasteiger partial charge in [0, 0.05) is 10.4 Å². The van der Waals surface area contributed by atoms with Crippen molar-refractivity contribution in [1.82, 2.24) is 9.97 Å². The first kappa shape index (κ1) is 17.9. The average Bonchev–Trinajstić information content (AvgIpc) is 3.24. The molecule has 0 spiro atoms. The molecule has 0 fully saturated rings. The van der Waals surface area contributed by atoms with Crippen LogP contribution >= 0.6 is 11.3 Å². The van der Waals surface area contributed by atoms with Crippen LogP contribution in [0.5, 0.6) is 0 Å². The van der Waals surface area contributed by atoms with Crippen LogP contribution in [0.4, 0.5) is 5.13 Å². The van der Waals surface area contributed by atoms with Crippen molar-refractivity contribution in [2.45, 2.75) is 46.0 Å². The zero-order valence-electron chi connectivity index (χ0n) is 15.6. The molecule has 2 aromatic heterocycles. The molecule has 27 heavy (non-hydrogen) atoms. The number of benzene rings is 1. The number of aromatic nitrogens is 2. The largest absolute Gasteiger partial charge is 0.441 e. The van der Waals surface area contributed by atoms with E-state index in [1.807, 2.05) is 37.3 Å². The maximum Gasteiger partial charge on any atom is 0.232 e. The van der Waals surface area contributed by atoms with Crippen LogP contribution in [0.2, 0.25) is 0 Å². The van der Waals surface area contributed by atoms with Gasteiger partial charge >= 0.3 is 0 Å². The third-order valence-corrected chi connectivity index (χ3v) is 6.14. The minimum Gasteiger partial charge on any atom is -0.441 e. The highest BCUT2D eigenvalue weighted by atomic mass is 32.1. The molecule has 1 atom stereocenters. The molecule has 0 bridgehead atoms. The lowest BCUT2D eigenvalue weighted by molar-refractivity contribution is -0.115. The highest BCUT2D eigenvalue weighted by Gasteiger charge is 2.22. The maximum atomic E-state index is 12.5. The number of hydrogen-bond donors (Lipinski definition) is 1. The molecule has 3 aromatic rings. The van der Waals surface area contributed by atoms with E-state index in [1.54, 1.807) is 11.3 Å². The first-order valence-corrected chi connectivity index (χ1v) is 10.2. The Balaban J connectivity index is 1.43. The van der Waals surface area contributed by atoms with E-state index >= 15 is 0 Å². The van der Waals surface area contributed by atoms with Gasteiger partial charge in [0.15, 0.2) is 5.13 Å². The van der Waals surface area contributed by atoms with Gasteiger partial charge in [-0.05, 0) is 44.2 Å². The predicted molar refractivity (Wildman–Crippen MR) is 107 cm³/mol. The van der Waals surface area contributed by atoms with Crippen molar-refractivity contribution < 1.29 is 9.21 Å². The first-order valence-electron chi connectivity index (χ1n) is 9.42. The maximum absolute atomic E-state index is 12.5. The number of thiazole rings is 1. The summed E-state index contributed by atoms with van der Waals surface area (Å²) < 4.78 is 5.74. The number of aryl methyl sites for hydroxylation is 2. The summed E-state index contributed by atoms with van der Waals surface area (Å²) in [4.78, 5) is 22.9. The van der Waals surface area contributed by atoms with Gasteiger partial charge in [0.2, 0.25) is 11.8 Å². The summed E-state index contributed by atoms with van der Waals surface area (Å²) in [5.41, 5.74) is 2.73. The van der Waals surface area contributed by atoms with Gasteiger partial charge in [0.25, 0.3) is 0 Å². The molecule has 4 rings (SSSR count). The summed E-state index contributed by atoms with van der Waals surface area (Å²) in [6.45, 7) is 4.08. The van der Waals surface area contributed by atoms with Gasteiger partial charge in [-0.1, -0.05) is 31.5 Å². The van der Waals surface area contributed by atoms with E-state index in [0.29, 0.717) is 22.5 Å². The van der Waals surface area contributed by atoms with Crippen molar-refractivity contribution in [2.75, 3.05) is 5.32 Å². The third kappa shape index (κ3) is 3.95. The number of anilines is 1. The molecule has 0 aliphatic heterocycles. The Hall–Kier alpha value is -2.47. The third-order valence-electron chi connectivity index (χ3n) is 5.11. The normalized spacial score (nSPS) is 16.1. The van der Waals surface area contributed by atoms with Crippen LogP contribution in [-0.2, 0) is 24.1 Å². The average molecular weight is 382 g/mol. The molecule has 140 valence electrons. The van der Waals surface area contributed by atoms with Crippen LogP contribution in [0.15, 0.2) is 34.7 Å². The van der Waals surface area contributed by atoms with Gasteiger partial charge in [-0.25, -0.2) is 9.97 Å². The van der Waals surface area contributed by atoms with Crippen molar-refractivity contribution in [3.63, 3.8) is 0 Å². The minimum atomic E-state index is -0.107. The fourth-order valence-corrected chi connectivity index (χ4v) is 4.60. The topological polar surface area (TPSA) is 68.0 Å². The van der Waals surface area contributed by atoms with Crippen LogP contribution in [-0.4, -0.2) is 15.9 Å². The van der Waals surface area contributed by atoms with Crippen LogP contribution in [0, 0.1) is 12.8 Å². The lowest BCUT2D eigenvalue weighted by Crippen LogP contribution is -2.15. The summed E-state index contributed by atoms with van der Waals surface area (Å²) in [5, 5.41) is 3.64. The van der Waals surface area contributed by atoms with Crippen molar-refractivity contribution in [2.24, 2.45) is 5.92 Å². The lowest BCUT2D eigenvalue weighted by Gasteiger charge is -2.18. The number of fused-ring (bicyclic) bond motifs is 1. The van der Waals surface area contributed by atoms with E-state index < -0.39 is 0 Å². The van der Waals surface area contributed by atoms with E-state index in [-0.39, 0.29) is 12.3 Å². The van der Waals surface area contributed by atoms with Crippen molar-refractivity contribution in [3.05, 3.63) is 52.4 Å². The number of nitrogens with one attached hydrogen (secondary N) is 1. The molecule has 1 aromatic carbocycles. The lowest BCUT2D eigenvalue weighted by atomic mass is 9.89. The monoisotopic (exact) mass is 381 g/mol. The summed E-state index contributed by atoms with van der Waals surface area (Å²) in [6.07, 6.45) is 4.68. The van der Waals surface area contributed by atoms with E-state index in [2.05, 4.69) is 22.2 Å². The molecule has 1 aliphatic carbocycles. The van der Waals surface area contributed by atoms with Crippen molar-refractivity contribution in [3.8, 4) is 11.5 Å². The Morgan fingerprint density at radius 3 is 2.89 bits per heavy atom. The van der Waals surface area contributed by atoms with Crippen LogP contribution in [0.1, 0.15) is 41.8 Å². The number of carbonyl (C=O) groups is 1. The highest BCUT2D eigenvalue weighted by molar-refractivity contribution is 7.15. The summed E-state index contributed by atoms with van der Waals surface area (Å²) in [6, 6.07) is 9.71. The van der Waals surface area contributed by atoms with Crippen LogP contribution in [0.3, 0.4) is 0 Å². The summed E-state index contributed by atoms with van der Waals surface area (Å²) in [5.74, 6) is 1.86. The Morgan fingerprint density at radius 1 is 1.30 bits per heavy atom. The fourth-order valence-electron chi connectivity index (χ4n) is 3.46. The SMILES string of the molecule is CCC1CCc2nc(NC(=O)Cc3nc(-c4ccccc4)oc3C)sc2C1. The minimum absolute atomic E-state index is 0.107. The van der Waals surface area contributed by atoms with Crippen LogP contribution in [0.25, 0.3) is 11.5 Å². The Labute approximate surface area is 162 Å². The molecule has 0 saturated carbocycles. The van der Waals surface area contributed by atoms with Crippen molar-refractivity contribution >= 4 is 22.4 Å². The molecule has 0 saturated heterocycles. The predicted octanol–water partition coefficient (Wildman–Crippen LogP) is 4.80. The molecule has 2 heterocycles. The Bertz CT molecular complexity index is 946. The van der Waals surface area contributed by atoms with Crippen molar-refractivity contribution in [1.29, 1.82) is 0 Å². The molecule has 1 amide bonds. The number of hydrogen-bond acceptors (Lipinski definition) is 5. The van der Waals surface area contributed by atoms with E-state index in [4.69, 9.17) is 4.42 Å². The number of nitrogens with zero attached hydrogens (tertiary/aromatic N) is 2. The van der Waals surface area contributed by atoms with Gasteiger partial charge in [0.1, 0.15) is 5.76 Å². The zero-order chi connectivity index (χ0) is 18.8. The number of carbonyl (C=O) groups excluding carboxylic acids is 1. The van der Waals surface area contributed by atoms with Gasteiger partial charge in [0.05, 0.1) is 17.8 Å². The standard InChI is InChI=1S/C21H23N3O2S/c1-3-14-9-10-16-18(11-14)27-21(23-16)24-19(25)12-17-13(2)26-20(22-17)15-7-5-4-6-8-15/h4-8,14H,3,9-12H2,1-2H3,(H,23,24,25). The van der Waals surface area contributed by atoms with Gasteiger partial charge in [-0.2, -0.15) is 0 Å². The second-order valence-electron chi connectivity index (χ2n) is 7.02. The second-order valence-corrected chi connectivity index (χ2v) is 8.10. The molecule has 5 nitrogen and oxygen atoms in total. The number of oxazole rings is 1. The molecule has 1 unspecified atom stereocenters. The van der Waals surface area contributed by atoms with Gasteiger partial charge in [-0.15, -0.1) is 11.3 Å². The van der Waals surface area contributed by atoms with E-state index in [9.17, 15) is 4.79 Å². The summed E-state index contributed by atoms with van der Waals surface area (Å²) >= 11 is 1.61. The highest BCUT2D eigenvalue weighted by Crippen LogP contribution is 2.33. The quantitative estimate of drug-likeness (QED) is 0.689. The van der Waals surface area contributed by atoms with E-state index in [1.165, 1.54) is 17.7 Å². The molecular weight excluding hydrogens is 358 g/mol. The summed E-state index contributed by atoms with van der Waals surface area (Å²) in [7, 11) is 0. The first-order chi connectivity index (χ1) is 13.1. The zero-order valence-corrected chi connectivity index (χ0v) is 16.4. The number of amides is 1. The molecule has 1 aliphatic rings. The Kier molecular flexibility index (Phi) is 5.07. The van der Waals surface area contributed by atoms with E-state index in [0.717, 1.165) is 30.0 Å². The fraction of sp³-hybridized carbons (Fsp3) is 0.381. The van der Waals surface area contributed by atoms with Gasteiger partial charge in [-0.3, -0.25) is 4.79 Å². The smallest absolute Gasteiger partial charge is 0.232 e. The molecule has 1 N–H and O–H groups in total. The second kappa shape index (κ2) is 7.64. The number of rotatable bonds is 5. The molecular formula is C21H23N3O2S. The van der Waals surface area contributed by atoms with Crippen LogP contribution < -0.4 is 5.32 Å². The van der Waals surface area contributed by atoms with Gasteiger partial charge < -0.3 is 9.73 Å². The molecule has 0 radical (unpaired) electrons. The Morgan fingerprint density at radius 2 is 2.11 bits per heavy atom. The molecule has 6 heteroatoms.